The van der Waals surface area contributed by atoms with Crippen LogP contribution in [0.1, 0.15) is 25.7 Å². The zero-order valence-corrected chi connectivity index (χ0v) is 9.87. The largest absolute Gasteiger partial charge is 0.474 e. The highest BCUT2D eigenvalue weighted by Crippen LogP contribution is 2.46. The summed E-state index contributed by atoms with van der Waals surface area (Å²) in [4.78, 5) is 0. The minimum atomic E-state index is -1.71. The monoisotopic (exact) mass is 255 g/mol. The summed E-state index contributed by atoms with van der Waals surface area (Å²) in [5.41, 5.74) is 0. The van der Waals surface area contributed by atoms with Crippen LogP contribution in [0.15, 0.2) is 0 Å². The summed E-state index contributed by atoms with van der Waals surface area (Å²) in [5, 5.41) is 7.47. The highest BCUT2D eigenvalue weighted by molar-refractivity contribution is 6.76. The summed E-state index contributed by atoms with van der Waals surface area (Å²) in [5.74, 6) is 1.11. The number of halogens is 3. The van der Waals surface area contributed by atoms with Gasteiger partial charge in [0.2, 0.25) is 5.90 Å². The molecule has 0 aromatic heterocycles. The first kappa shape index (κ1) is 10.8. The van der Waals surface area contributed by atoms with E-state index in [0.29, 0.717) is 5.92 Å². The molecule has 0 heterocycles. The maximum Gasteiger partial charge on any atom is 0.265 e. The summed E-state index contributed by atoms with van der Waals surface area (Å²) < 4.78 is 3.69. The Labute approximate surface area is 98.4 Å². The van der Waals surface area contributed by atoms with E-state index in [1.165, 1.54) is 19.3 Å². The van der Waals surface area contributed by atoms with Crippen molar-refractivity contribution in [1.82, 2.24) is 0 Å². The fourth-order valence-corrected chi connectivity index (χ4v) is 2.68. The molecule has 2 rings (SSSR count). The van der Waals surface area contributed by atoms with E-state index in [-0.39, 0.29) is 12.0 Å². The molecule has 0 saturated heterocycles. The second-order valence-electron chi connectivity index (χ2n) is 4.16. The molecule has 2 fully saturated rings. The molecule has 0 spiro atoms. The molecule has 80 valence electrons. The van der Waals surface area contributed by atoms with Gasteiger partial charge in [-0.25, -0.2) is 0 Å². The van der Waals surface area contributed by atoms with Crippen molar-refractivity contribution in [1.29, 1.82) is 5.41 Å². The third-order valence-corrected chi connectivity index (χ3v) is 3.71. The summed E-state index contributed by atoms with van der Waals surface area (Å²) >= 11 is 16.6. The van der Waals surface area contributed by atoms with E-state index in [1.54, 1.807) is 0 Å². The Morgan fingerprint density at radius 3 is 2.36 bits per heavy atom. The molecule has 5 heteroatoms. The number of alkyl halides is 3. The van der Waals surface area contributed by atoms with Gasteiger partial charge < -0.3 is 4.74 Å². The first-order chi connectivity index (χ1) is 6.47. The smallest absolute Gasteiger partial charge is 0.265 e. The molecule has 0 amide bonds. The molecule has 2 aliphatic rings. The van der Waals surface area contributed by atoms with Crippen LogP contribution in [0.4, 0.5) is 0 Å². The van der Waals surface area contributed by atoms with E-state index < -0.39 is 3.79 Å². The molecule has 0 aliphatic heterocycles. The predicted molar refractivity (Wildman–Crippen MR) is 58.3 cm³/mol. The average molecular weight is 257 g/mol. The van der Waals surface area contributed by atoms with Crippen molar-refractivity contribution in [2.75, 3.05) is 0 Å². The molecule has 2 nitrogen and oxygen atoms in total. The molecular weight excluding hydrogens is 244 g/mol. The lowest BCUT2D eigenvalue weighted by atomic mass is 9.98. The normalized spacial score (nSPS) is 36.1. The maximum atomic E-state index is 7.47. The Morgan fingerprint density at radius 1 is 1.21 bits per heavy atom. The fraction of sp³-hybridized carbons (Fsp3) is 0.889. The van der Waals surface area contributed by atoms with Crippen molar-refractivity contribution in [3.63, 3.8) is 0 Å². The SMILES string of the molecule is N=C(O[C@@H]1C[C@H]2CC[C@@H]1C2)C(Cl)(Cl)Cl. The van der Waals surface area contributed by atoms with Crippen molar-refractivity contribution in [2.45, 2.75) is 35.6 Å². The predicted octanol–water partition coefficient (Wildman–Crippen LogP) is 3.54. The number of fused-ring (bicyclic) bond motifs is 2. The quantitative estimate of drug-likeness (QED) is 0.434. The van der Waals surface area contributed by atoms with Crippen molar-refractivity contribution >= 4 is 40.7 Å². The van der Waals surface area contributed by atoms with E-state index in [0.717, 1.165) is 12.3 Å². The Morgan fingerprint density at radius 2 is 1.93 bits per heavy atom. The van der Waals surface area contributed by atoms with Crippen LogP contribution in [0, 0.1) is 17.2 Å². The first-order valence-corrected chi connectivity index (χ1v) is 5.92. The number of ether oxygens (including phenoxy) is 1. The van der Waals surface area contributed by atoms with Crippen LogP contribution in [-0.4, -0.2) is 15.8 Å². The van der Waals surface area contributed by atoms with Crippen LogP contribution < -0.4 is 0 Å². The molecule has 2 saturated carbocycles. The number of nitrogens with one attached hydrogen (secondary N) is 1. The average Bonchev–Trinajstić information content (AvgIpc) is 2.62. The highest BCUT2D eigenvalue weighted by atomic mass is 35.6. The standard InChI is InChI=1S/C9H12Cl3NO/c10-9(11,12)8(13)14-7-4-5-1-2-6(7)3-5/h5-7,13H,1-4H2/t5-,6+,7+/m0/s1. The topological polar surface area (TPSA) is 33.1 Å². The molecule has 14 heavy (non-hydrogen) atoms. The fourth-order valence-electron chi connectivity index (χ4n) is 2.55. The van der Waals surface area contributed by atoms with Gasteiger partial charge in [-0.3, -0.25) is 5.41 Å². The first-order valence-electron chi connectivity index (χ1n) is 4.79. The Kier molecular flexibility index (Phi) is 2.89. The number of hydrogen-bond acceptors (Lipinski definition) is 2. The lowest BCUT2D eigenvalue weighted by Crippen LogP contribution is -2.30. The zero-order valence-electron chi connectivity index (χ0n) is 7.60. The third-order valence-electron chi connectivity index (χ3n) is 3.20. The molecule has 1 N–H and O–H groups in total. The molecule has 3 atom stereocenters. The molecule has 2 aliphatic carbocycles. The second kappa shape index (κ2) is 3.73. The minimum Gasteiger partial charge on any atom is -0.474 e. The maximum absolute atomic E-state index is 7.47. The summed E-state index contributed by atoms with van der Waals surface area (Å²) in [6.07, 6.45) is 4.84. The second-order valence-corrected chi connectivity index (χ2v) is 6.44. The van der Waals surface area contributed by atoms with Crippen LogP contribution in [-0.2, 0) is 4.74 Å². The van der Waals surface area contributed by atoms with Crippen molar-refractivity contribution in [3.8, 4) is 0 Å². The van der Waals surface area contributed by atoms with Gasteiger partial charge in [0.05, 0.1) is 0 Å². The van der Waals surface area contributed by atoms with Gasteiger partial charge in [-0.2, -0.15) is 0 Å². The van der Waals surface area contributed by atoms with Crippen LogP contribution in [0.3, 0.4) is 0 Å². The van der Waals surface area contributed by atoms with Crippen LogP contribution in [0.2, 0.25) is 0 Å². The van der Waals surface area contributed by atoms with Gasteiger partial charge in [-0.1, -0.05) is 34.8 Å². The molecule has 0 aromatic rings. The van der Waals surface area contributed by atoms with Gasteiger partial charge in [0, 0.05) is 0 Å². The Balaban J connectivity index is 1.90. The van der Waals surface area contributed by atoms with E-state index in [9.17, 15) is 0 Å². The van der Waals surface area contributed by atoms with E-state index in [2.05, 4.69) is 0 Å². The van der Waals surface area contributed by atoms with Gasteiger partial charge in [0.15, 0.2) is 0 Å². The summed E-state index contributed by atoms with van der Waals surface area (Å²) in [6, 6.07) is 0. The minimum absolute atomic E-state index is 0.108. The van der Waals surface area contributed by atoms with Gasteiger partial charge in [-0.05, 0) is 37.5 Å². The van der Waals surface area contributed by atoms with E-state index in [1.807, 2.05) is 0 Å². The van der Waals surface area contributed by atoms with Crippen molar-refractivity contribution in [2.24, 2.45) is 11.8 Å². The molecule has 0 aromatic carbocycles. The molecule has 0 unspecified atom stereocenters. The summed E-state index contributed by atoms with van der Waals surface area (Å²) in [7, 11) is 0. The van der Waals surface area contributed by atoms with Crippen LogP contribution in [0.25, 0.3) is 0 Å². The summed E-state index contributed by atoms with van der Waals surface area (Å²) in [6.45, 7) is 0. The Bertz CT molecular complexity index is 251. The van der Waals surface area contributed by atoms with Gasteiger partial charge >= 0.3 is 0 Å². The van der Waals surface area contributed by atoms with Gasteiger partial charge in [0.1, 0.15) is 6.10 Å². The lowest BCUT2D eigenvalue weighted by Gasteiger charge is -2.25. The van der Waals surface area contributed by atoms with E-state index in [4.69, 9.17) is 44.9 Å². The van der Waals surface area contributed by atoms with Gasteiger partial charge in [0.25, 0.3) is 3.79 Å². The Hall–Kier alpha value is 0.340. The molecule has 0 radical (unpaired) electrons. The highest BCUT2D eigenvalue weighted by Gasteiger charge is 2.43. The van der Waals surface area contributed by atoms with Crippen LogP contribution >= 0.6 is 34.8 Å². The van der Waals surface area contributed by atoms with Crippen molar-refractivity contribution < 1.29 is 4.74 Å². The number of rotatable bonds is 1. The van der Waals surface area contributed by atoms with Crippen molar-refractivity contribution in [3.05, 3.63) is 0 Å². The number of hydrogen-bond donors (Lipinski definition) is 1. The van der Waals surface area contributed by atoms with Crippen LogP contribution in [0.5, 0.6) is 0 Å². The van der Waals surface area contributed by atoms with Gasteiger partial charge in [-0.15, -0.1) is 0 Å². The molecule has 2 bridgehead atoms. The lowest BCUT2D eigenvalue weighted by molar-refractivity contribution is 0.122. The third kappa shape index (κ3) is 2.12. The zero-order chi connectivity index (χ0) is 10.3. The molecular formula is C9H12Cl3NO. The van der Waals surface area contributed by atoms with E-state index >= 15 is 0 Å².